The molecule has 1 aromatic heterocycles. The molecule has 3 aliphatic rings. The molecule has 0 bridgehead atoms. The van der Waals surface area contributed by atoms with Gasteiger partial charge in [-0.15, -0.1) is 0 Å². The third-order valence-electron chi connectivity index (χ3n) is 7.24. The summed E-state index contributed by atoms with van der Waals surface area (Å²) in [4.78, 5) is 34.7. The number of carbonyl (C=O) groups is 2. The van der Waals surface area contributed by atoms with Crippen molar-refractivity contribution in [1.82, 2.24) is 15.2 Å². The molecule has 1 N–H and O–H groups in total. The van der Waals surface area contributed by atoms with Gasteiger partial charge in [0.15, 0.2) is 0 Å². The zero-order chi connectivity index (χ0) is 22.1. The molecule has 0 atom stereocenters. The van der Waals surface area contributed by atoms with Crippen LogP contribution in [0.3, 0.4) is 0 Å². The molecule has 1 aromatic carbocycles. The minimum Gasteiger partial charge on any atom is -0.381 e. The van der Waals surface area contributed by atoms with Crippen LogP contribution in [0.4, 0.5) is 5.69 Å². The number of ether oxygens (including phenoxy) is 1. The quantitative estimate of drug-likeness (QED) is 0.800. The number of nitrogens with zero attached hydrogens (tertiary/aromatic N) is 3. The molecular formula is C25H30N4O3. The molecular weight excluding hydrogens is 404 g/mol. The van der Waals surface area contributed by atoms with Crippen LogP contribution < -0.4 is 10.2 Å². The standard InChI is InChI=1S/C25H30N4O3/c1-28-22-5-4-19(23(30)27-20-6-13-32-14-7-20)15-21(22)25(24(28)31)8-11-29(12-9-25)17-18-3-2-10-26-16-18/h2-5,10,15-16,20H,6-9,11-14,17H2,1H3,(H,27,30). The summed E-state index contributed by atoms with van der Waals surface area (Å²) in [5.41, 5.74) is 3.22. The summed E-state index contributed by atoms with van der Waals surface area (Å²) >= 11 is 0. The van der Waals surface area contributed by atoms with Crippen LogP contribution in [0.5, 0.6) is 0 Å². The predicted molar refractivity (Wildman–Crippen MR) is 122 cm³/mol. The summed E-state index contributed by atoms with van der Waals surface area (Å²) in [5.74, 6) is 0.0846. The van der Waals surface area contributed by atoms with E-state index in [1.165, 1.54) is 5.56 Å². The number of benzene rings is 1. The Morgan fingerprint density at radius 1 is 1.22 bits per heavy atom. The summed E-state index contributed by atoms with van der Waals surface area (Å²) in [6.45, 7) is 3.90. The Balaban J connectivity index is 1.34. The number of hydrogen-bond donors (Lipinski definition) is 1. The molecule has 2 fully saturated rings. The van der Waals surface area contributed by atoms with Gasteiger partial charge in [0.05, 0.1) is 5.41 Å². The van der Waals surface area contributed by atoms with Crippen molar-refractivity contribution in [3.05, 3.63) is 59.4 Å². The molecule has 0 saturated carbocycles. The van der Waals surface area contributed by atoms with E-state index in [0.29, 0.717) is 18.8 Å². The van der Waals surface area contributed by atoms with E-state index in [0.717, 1.165) is 56.6 Å². The number of amides is 2. The number of rotatable bonds is 4. The van der Waals surface area contributed by atoms with Gasteiger partial charge >= 0.3 is 0 Å². The Bertz CT molecular complexity index is 996. The van der Waals surface area contributed by atoms with Gasteiger partial charge in [-0.2, -0.15) is 0 Å². The number of piperidine rings is 1. The highest BCUT2D eigenvalue weighted by Gasteiger charge is 2.51. The summed E-state index contributed by atoms with van der Waals surface area (Å²) in [6.07, 6.45) is 6.89. The van der Waals surface area contributed by atoms with Crippen LogP contribution in [-0.4, -0.2) is 61.1 Å². The van der Waals surface area contributed by atoms with Crippen LogP contribution in [0, 0.1) is 0 Å². The maximum atomic E-state index is 13.4. The minimum atomic E-state index is -0.537. The van der Waals surface area contributed by atoms with E-state index in [-0.39, 0.29) is 17.9 Å². The first-order valence-electron chi connectivity index (χ1n) is 11.5. The van der Waals surface area contributed by atoms with Gasteiger partial charge in [0, 0.05) is 56.5 Å². The first kappa shape index (κ1) is 21.1. The highest BCUT2D eigenvalue weighted by molar-refractivity contribution is 6.09. The average Bonchev–Trinajstić information content (AvgIpc) is 3.03. The van der Waals surface area contributed by atoms with Crippen molar-refractivity contribution in [2.24, 2.45) is 0 Å². The molecule has 0 aliphatic carbocycles. The number of likely N-dealkylation sites (tertiary alicyclic amines) is 1. The van der Waals surface area contributed by atoms with E-state index >= 15 is 0 Å². The van der Waals surface area contributed by atoms with Crippen molar-refractivity contribution in [1.29, 1.82) is 0 Å². The molecule has 0 unspecified atom stereocenters. The number of fused-ring (bicyclic) bond motifs is 2. The van der Waals surface area contributed by atoms with Gasteiger partial charge in [-0.3, -0.25) is 19.5 Å². The molecule has 5 rings (SSSR count). The second-order valence-electron chi connectivity index (χ2n) is 9.18. The number of likely N-dealkylation sites (N-methyl/N-ethyl adjacent to an activating group) is 1. The van der Waals surface area contributed by atoms with E-state index in [2.05, 4.69) is 21.3 Å². The van der Waals surface area contributed by atoms with Crippen molar-refractivity contribution in [3.8, 4) is 0 Å². The van der Waals surface area contributed by atoms with Gasteiger partial charge in [-0.1, -0.05) is 6.07 Å². The van der Waals surface area contributed by atoms with Crippen LogP contribution in [0.1, 0.15) is 47.2 Å². The van der Waals surface area contributed by atoms with Gasteiger partial charge in [-0.25, -0.2) is 0 Å². The zero-order valence-electron chi connectivity index (χ0n) is 18.5. The van der Waals surface area contributed by atoms with E-state index < -0.39 is 5.41 Å². The highest BCUT2D eigenvalue weighted by atomic mass is 16.5. The third-order valence-corrected chi connectivity index (χ3v) is 7.24. The number of anilines is 1. The van der Waals surface area contributed by atoms with Gasteiger partial charge in [0.25, 0.3) is 5.91 Å². The number of aromatic nitrogens is 1. The summed E-state index contributed by atoms with van der Waals surface area (Å²) in [5, 5.41) is 3.14. The van der Waals surface area contributed by atoms with E-state index in [4.69, 9.17) is 4.74 Å². The van der Waals surface area contributed by atoms with Gasteiger partial charge in [0.2, 0.25) is 5.91 Å². The van der Waals surface area contributed by atoms with Crippen LogP contribution in [0.25, 0.3) is 0 Å². The third kappa shape index (κ3) is 3.80. The molecule has 2 aromatic rings. The van der Waals surface area contributed by atoms with Crippen molar-refractivity contribution in [2.45, 2.75) is 43.7 Å². The summed E-state index contributed by atoms with van der Waals surface area (Å²) in [7, 11) is 1.85. The fourth-order valence-electron chi connectivity index (χ4n) is 5.34. The topological polar surface area (TPSA) is 74.8 Å². The maximum Gasteiger partial charge on any atom is 0.251 e. The minimum absolute atomic E-state index is 0.0640. The molecule has 2 amide bonds. The second-order valence-corrected chi connectivity index (χ2v) is 9.18. The Kier molecular flexibility index (Phi) is 5.69. The lowest BCUT2D eigenvalue weighted by Gasteiger charge is -2.38. The monoisotopic (exact) mass is 434 g/mol. The Labute approximate surface area is 188 Å². The van der Waals surface area contributed by atoms with E-state index in [1.807, 2.05) is 37.5 Å². The lowest BCUT2D eigenvalue weighted by Crippen LogP contribution is -2.47. The fraction of sp³-hybridized carbons (Fsp3) is 0.480. The average molecular weight is 435 g/mol. The Morgan fingerprint density at radius 2 is 2.00 bits per heavy atom. The van der Waals surface area contributed by atoms with Crippen LogP contribution in [0.15, 0.2) is 42.7 Å². The lowest BCUT2D eigenvalue weighted by atomic mass is 9.73. The van der Waals surface area contributed by atoms with E-state index in [9.17, 15) is 9.59 Å². The van der Waals surface area contributed by atoms with Gasteiger partial charge in [-0.05, 0) is 74.2 Å². The molecule has 7 nitrogen and oxygen atoms in total. The second kappa shape index (κ2) is 8.64. The Hall–Kier alpha value is -2.77. The van der Waals surface area contributed by atoms with Crippen molar-refractivity contribution in [2.75, 3.05) is 38.3 Å². The predicted octanol–water partition coefficient (Wildman–Crippen LogP) is 2.50. The largest absolute Gasteiger partial charge is 0.381 e. The number of hydrogen-bond acceptors (Lipinski definition) is 5. The van der Waals surface area contributed by atoms with Crippen LogP contribution in [-0.2, 0) is 21.5 Å². The summed E-state index contributed by atoms with van der Waals surface area (Å²) < 4.78 is 5.39. The molecule has 1 spiro atoms. The van der Waals surface area contributed by atoms with Crippen LogP contribution in [0.2, 0.25) is 0 Å². The fourth-order valence-corrected chi connectivity index (χ4v) is 5.34. The zero-order valence-corrected chi connectivity index (χ0v) is 18.5. The lowest BCUT2D eigenvalue weighted by molar-refractivity contribution is -0.124. The van der Waals surface area contributed by atoms with Crippen molar-refractivity contribution in [3.63, 3.8) is 0 Å². The molecule has 32 heavy (non-hydrogen) atoms. The maximum absolute atomic E-state index is 13.4. The SMILES string of the molecule is CN1C(=O)C2(CCN(Cc3cccnc3)CC2)c2cc(C(=O)NC3CCOCC3)ccc21. The molecule has 3 aliphatic heterocycles. The smallest absolute Gasteiger partial charge is 0.251 e. The first-order valence-corrected chi connectivity index (χ1v) is 11.5. The van der Waals surface area contributed by atoms with Gasteiger partial charge in [0.1, 0.15) is 0 Å². The van der Waals surface area contributed by atoms with E-state index in [1.54, 1.807) is 11.1 Å². The number of carbonyl (C=O) groups excluding carboxylic acids is 2. The molecule has 0 radical (unpaired) electrons. The molecule has 7 heteroatoms. The first-order chi connectivity index (χ1) is 15.6. The normalized spacial score (nSPS) is 21.0. The molecule has 2 saturated heterocycles. The molecule has 168 valence electrons. The van der Waals surface area contributed by atoms with Gasteiger partial charge < -0.3 is 15.0 Å². The highest BCUT2D eigenvalue weighted by Crippen LogP contribution is 2.47. The number of nitrogens with one attached hydrogen (secondary N) is 1. The van der Waals surface area contributed by atoms with Crippen LogP contribution >= 0.6 is 0 Å². The Morgan fingerprint density at radius 3 is 2.72 bits per heavy atom. The summed E-state index contributed by atoms with van der Waals surface area (Å²) in [6, 6.07) is 9.93. The van der Waals surface area contributed by atoms with Crippen molar-refractivity contribution >= 4 is 17.5 Å². The van der Waals surface area contributed by atoms with Crippen molar-refractivity contribution < 1.29 is 14.3 Å². The molecule has 4 heterocycles. The number of pyridine rings is 1.